The summed E-state index contributed by atoms with van der Waals surface area (Å²) in [5.74, 6) is -1.06. The smallest absolute Gasteiger partial charge is 0.280 e. The average molecular weight is 202 g/mol. The van der Waals surface area contributed by atoms with Gasteiger partial charge >= 0.3 is 0 Å². The average Bonchev–Trinajstić information content (AvgIpc) is 2.17. The molecule has 0 aliphatic rings. The van der Waals surface area contributed by atoms with Gasteiger partial charge in [0.1, 0.15) is 17.5 Å². The Labute approximate surface area is 77.4 Å². The van der Waals surface area contributed by atoms with Crippen LogP contribution >= 0.6 is 0 Å². The first kappa shape index (κ1) is 10.5. The van der Waals surface area contributed by atoms with E-state index in [1.54, 1.807) is 0 Å². The largest absolute Gasteiger partial charge is 0.390 e. The number of alkyl halides is 2. The first-order chi connectivity index (χ1) is 6.60. The number of rotatable bonds is 2. The van der Waals surface area contributed by atoms with Crippen LogP contribution in [0.5, 0.6) is 0 Å². The lowest BCUT2D eigenvalue weighted by Gasteiger charge is -2.04. The van der Waals surface area contributed by atoms with Gasteiger partial charge in [-0.25, -0.2) is 18.2 Å². The minimum atomic E-state index is -2.90. The summed E-state index contributed by atoms with van der Waals surface area (Å²) in [6, 6.07) is 2.07. The molecule has 0 saturated carbocycles. The SMILES string of the molecule is N#Cc1cc(C(F)F)nc(CO)c1F. The van der Waals surface area contributed by atoms with Crippen molar-refractivity contribution in [3.8, 4) is 6.07 Å². The number of aromatic nitrogens is 1. The van der Waals surface area contributed by atoms with Gasteiger partial charge in [-0.05, 0) is 6.07 Å². The number of halogens is 3. The molecular weight excluding hydrogens is 197 g/mol. The fraction of sp³-hybridized carbons (Fsp3) is 0.250. The molecule has 3 nitrogen and oxygen atoms in total. The number of hydrogen-bond donors (Lipinski definition) is 1. The van der Waals surface area contributed by atoms with Gasteiger partial charge in [0.05, 0.1) is 12.2 Å². The van der Waals surface area contributed by atoms with E-state index in [0.29, 0.717) is 6.07 Å². The summed E-state index contributed by atoms with van der Waals surface area (Å²) in [7, 11) is 0. The first-order valence-electron chi connectivity index (χ1n) is 3.58. The van der Waals surface area contributed by atoms with Crippen LogP contribution in [0.3, 0.4) is 0 Å². The lowest BCUT2D eigenvalue weighted by atomic mass is 10.2. The predicted molar refractivity (Wildman–Crippen MR) is 39.8 cm³/mol. The molecule has 0 atom stereocenters. The van der Waals surface area contributed by atoms with Crippen LogP contribution in [0.2, 0.25) is 0 Å². The number of pyridine rings is 1. The van der Waals surface area contributed by atoms with Crippen LogP contribution in [-0.4, -0.2) is 10.1 Å². The molecule has 1 rings (SSSR count). The monoisotopic (exact) mass is 202 g/mol. The Balaban J connectivity index is 3.34. The highest BCUT2D eigenvalue weighted by atomic mass is 19.3. The van der Waals surface area contributed by atoms with Gasteiger partial charge in [0.25, 0.3) is 6.43 Å². The molecule has 0 aliphatic heterocycles. The van der Waals surface area contributed by atoms with Gasteiger partial charge in [0.15, 0.2) is 5.82 Å². The Morgan fingerprint density at radius 1 is 1.57 bits per heavy atom. The van der Waals surface area contributed by atoms with Crippen LogP contribution < -0.4 is 0 Å². The molecule has 0 bridgehead atoms. The molecule has 0 aromatic carbocycles. The highest BCUT2D eigenvalue weighted by molar-refractivity contribution is 5.34. The summed E-state index contributed by atoms with van der Waals surface area (Å²) in [6.07, 6.45) is -2.90. The second-order valence-corrected chi connectivity index (χ2v) is 2.43. The maximum atomic E-state index is 13.0. The van der Waals surface area contributed by atoms with E-state index in [1.807, 2.05) is 0 Å². The zero-order valence-electron chi connectivity index (χ0n) is 6.84. The van der Waals surface area contributed by atoms with Crippen molar-refractivity contribution in [2.24, 2.45) is 0 Å². The molecule has 0 aliphatic carbocycles. The van der Waals surface area contributed by atoms with E-state index < -0.39 is 35.8 Å². The summed E-state index contributed by atoms with van der Waals surface area (Å²) in [4.78, 5) is 3.17. The van der Waals surface area contributed by atoms with E-state index in [9.17, 15) is 13.2 Å². The third-order valence-corrected chi connectivity index (χ3v) is 1.54. The Hall–Kier alpha value is -1.61. The van der Waals surface area contributed by atoms with Gasteiger partial charge in [-0.15, -0.1) is 0 Å². The van der Waals surface area contributed by atoms with E-state index in [2.05, 4.69) is 4.98 Å². The number of aliphatic hydroxyl groups is 1. The molecule has 0 unspecified atom stereocenters. The number of nitriles is 1. The predicted octanol–water partition coefficient (Wildman–Crippen LogP) is 1.52. The Morgan fingerprint density at radius 3 is 2.64 bits per heavy atom. The maximum Gasteiger partial charge on any atom is 0.280 e. The lowest BCUT2D eigenvalue weighted by molar-refractivity contribution is 0.144. The molecule has 0 radical (unpaired) electrons. The first-order valence-corrected chi connectivity index (χ1v) is 3.58. The highest BCUT2D eigenvalue weighted by Crippen LogP contribution is 2.20. The summed E-state index contributed by atoms with van der Waals surface area (Å²) in [5, 5.41) is 17.0. The second-order valence-electron chi connectivity index (χ2n) is 2.43. The van der Waals surface area contributed by atoms with Crippen molar-refractivity contribution in [2.45, 2.75) is 13.0 Å². The third kappa shape index (κ3) is 1.83. The van der Waals surface area contributed by atoms with Crippen LogP contribution in [-0.2, 0) is 6.61 Å². The minimum absolute atomic E-state index is 0.542. The molecule has 1 N–H and O–H groups in total. The van der Waals surface area contributed by atoms with Crippen molar-refractivity contribution in [3.63, 3.8) is 0 Å². The van der Waals surface area contributed by atoms with E-state index in [-0.39, 0.29) is 0 Å². The zero-order valence-corrected chi connectivity index (χ0v) is 6.84. The molecule has 1 aromatic rings. The molecule has 0 saturated heterocycles. The Morgan fingerprint density at radius 2 is 2.21 bits per heavy atom. The van der Waals surface area contributed by atoms with Gasteiger partial charge in [0, 0.05) is 0 Å². The van der Waals surface area contributed by atoms with Crippen molar-refractivity contribution in [3.05, 3.63) is 28.8 Å². The molecule has 0 spiro atoms. The van der Waals surface area contributed by atoms with E-state index >= 15 is 0 Å². The van der Waals surface area contributed by atoms with Gasteiger partial charge in [-0.3, -0.25) is 0 Å². The number of nitrogens with zero attached hydrogens (tertiary/aromatic N) is 2. The quantitative estimate of drug-likeness (QED) is 0.790. The van der Waals surface area contributed by atoms with Crippen molar-refractivity contribution >= 4 is 0 Å². The Kier molecular flexibility index (Phi) is 3.04. The van der Waals surface area contributed by atoms with Crippen LogP contribution in [0, 0.1) is 17.1 Å². The van der Waals surface area contributed by atoms with Crippen LogP contribution in [0.4, 0.5) is 13.2 Å². The van der Waals surface area contributed by atoms with E-state index in [4.69, 9.17) is 10.4 Å². The lowest BCUT2D eigenvalue weighted by Crippen LogP contribution is -2.03. The molecule has 74 valence electrons. The van der Waals surface area contributed by atoms with Crippen molar-refractivity contribution < 1.29 is 18.3 Å². The maximum absolute atomic E-state index is 13.0. The number of aliphatic hydroxyl groups excluding tert-OH is 1. The molecule has 0 fully saturated rings. The van der Waals surface area contributed by atoms with Crippen molar-refractivity contribution in [1.82, 2.24) is 4.98 Å². The van der Waals surface area contributed by atoms with Gasteiger partial charge < -0.3 is 5.11 Å². The molecule has 1 aromatic heterocycles. The minimum Gasteiger partial charge on any atom is -0.390 e. The fourth-order valence-corrected chi connectivity index (χ4v) is 0.902. The van der Waals surface area contributed by atoms with Gasteiger partial charge in [-0.1, -0.05) is 0 Å². The van der Waals surface area contributed by atoms with Crippen molar-refractivity contribution in [2.75, 3.05) is 0 Å². The highest BCUT2D eigenvalue weighted by Gasteiger charge is 2.16. The van der Waals surface area contributed by atoms with E-state index in [0.717, 1.165) is 0 Å². The van der Waals surface area contributed by atoms with Crippen molar-refractivity contribution in [1.29, 1.82) is 5.26 Å². The summed E-state index contributed by atoms with van der Waals surface area (Å²) in [5.41, 5.74) is -1.80. The summed E-state index contributed by atoms with van der Waals surface area (Å²) >= 11 is 0. The number of hydrogen-bond acceptors (Lipinski definition) is 3. The fourth-order valence-electron chi connectivity index (χ4n) is 0.902. The standard InChI is InChI=1S/C8H5F3N2O/c9-7-4(2-12)1-5(8(10)11)13-6(7)3-14/h1,8,14H,3H2. The second kappa shape index (κ2) is 4.07. The summed E-state index contributed by atoms with van der Waals surface area (Å²) < 4.78 is 37.3. The van der Waals surface area contributed by atoms with Crippen LogP contribution in [0.1, 0.15) is 23.4 Å². The molecule has 14 heavy (non-hydrogen) atoms. The molecule has 1 heterocycles. The zero-order chi connectivity index (χ0) is 10.7. The summed E-state index contributed by atoms with van der Waals surface area (Å²) in [6.45, 7) is -0.818. The normalized spacial score (nSPS) is 10.3. The van der Waals surface area contributed by atoms with Crippen LogP contribution in [0.15, 0.2) is 6.07 Å². The van der Waals surface area contributed by atoms with Gasteiger partial charge in [0.2, 0.25) is 0 Å². The molecular formula is C8H5F3N2O. The molecule has 0 amide bonds. The van der Waals surface area contributed by atoms with E-state index in [1.165, 1.54) is 6.07 Å². The molecule has 6 heteroatoms. The Bertz CT molecular complexity index is 387. The topological polar surface area (TPSA) is 56.9 Å². The third-order valence-electron chi connectivity index (χ3n) is 1.54. The van der Waals surface area contributed by atoms with Crippen LogP contribution in [0.25, 0.3) is 0 Å². The van der Waals surface area contributed by atoms with Gasteiger partial charge in [-0.2, -0.15) is 5.26 Å².